The van der Waals surface area contributed by atoms with Crippen molar-refractivity contribution < 1.29 is 44.0 Å². The molecule has 0 aromatic carbocycles. The Morgan fingerprint density at radius 3 is 2.18 bits per heavy atom. The first-order valence-corrected chi connectivity index (χ1v) is 4.49. The summed E-state index contributed by atoms with van der Waals surface area (Å²) >= 11 is 0. The molecule has 64 valence electrons. The Kier molecular flexibility index (Phi) is 8.30. The predicted molar refractivity (Wildman–Crippen MR) is 38.9 cm³/mol. The summed E-state index contributed by atoms with van der Waals surface area (Å²) in [4.78, 5) is 0. The summed E-state index contributed by atoms with van der Waals surface area (Å²) in [6.07, 6.45) is 0.206. The molecule has 5 nitrogen and oxygen atoms in total. The molecule has 0 rings (SSSR count). The Hall–Kier alpha value is 0.830. The molecule has 0 aromatic heterocycles. The molecule has 0 heterocycles. The molecule has 11 heavy (non-hydrogen) atoms. The summed E-state index contributed by atoms with van der Waals surface area (Å²) < 4.78 is 28.4. The molecule has 0 aromatic rings. The first-order chi connectivity index (χ1) is 4.42. The van der Waals surface area contributed by atoms with E-state index in [1.165, 1.54) is 0 Å². The molecule has 0 saturated carbocycles. The van der Waals surface area contributed by atoms with Gasteiger partial charge in [0.25, 0.3) is 10.1 Å². The van der Waals surface area contributed by atoms with Crippen LogP contribution in [-0.4, -0.2) is 24.9 Å². The predicted octanol–water partition coefficient (Wildman–Crippen LogP) is -3.99. The van der Waals surface area contributed by atoms with E-state index in [4.69, 9.17) is 16.0 Å². The molecular formula is C4H13N2NaO3S. The molecule has 0 bridgehead atoms. The minimum Gasteiger partial charge on any atom is -1.00 e. The van der Waals surface area contributed by atoms with Gasteiger partial charge in [-0.1, -0.05) is 0 Å². The number of nitrogens with two attached hydrogens (primary N) is 2. The van der Waals surface area contributed by atoms with Crippen LogP contribution in [0.1, 0.15) is 14.3 Å². The molecule has 5 N–H and O–H groups in total. The third-order valence-electron chi connectivity index (χ3n) is 0.940. The summed E-state index contributed by atoms with van der Waals surface area (Å²) in [6, 6.07) is 0. The molecule has 0 aliphatic heterocycles. The second-order valence-corrected chi connectivity index (χ2v) is 3.66. The molecule has 0 spiro atoms. The van der Waals surface area contributed by atoms with Crippen LogP contribution in [0.5, 0.6) is 0 Å². The minimum absolute atomic E-state index is 0. The van der Waals surface area contributed by atoms with Gasteiger partial charge in [0.2, 0.25) is 0 Å². The van der Waals surface area contributed by atoms with Gasteiger partial charge in [-0.15, -0.1) is 0 Å². The number of hydrogen-bond donors (Lipinski definition) is 3. The smallest absolute Gasteiger partial charge is 1.00 e. The number of hydrogen-bond acceptors (Lipinski definition) is 4. The molecule has 0 unspecified atom stereocenters. The quantitative estimate of drug-likeness (QED) is 0.239. The van der Waals surface area contributed by atoms with Crippen molar-refractivity contribution >= 4 is 10.1 Å². The zero-order valence-electron chi connectivity index (χ0n) is 7.53. The van der Waals surface area contributed by atoms with E-state index in [0.717, 1.165) is 0 Å². The fourth-order valence-electron chi connectivity index (χ4n) is 0.501. The van der Waals surface area contributed by atoms with Crippen LogP contribution in [0.3, 0.4) is 0 Å². The fourth-order valence-corrected chi connectivity index (χ4v) is 1.03. The zero-order valence-corrected chi connectivity index (χ0v) is 9.34. The topological polar surface area (TPSA) is 106 Å². The normalized spacial score (nSPS) is 11.3. The van der Waals surface area contributed by atoms with Crippen molar-refractivity contribution in [2.75, 3.05) is 5.75 Å². The van der Waals surface area contributed by atoms with Crippen LogP contribution in [0.4, 0.5) is 0 Å². The van der Waals surface area contributed by atoms with Gasteiger partial charge < -0.3 is 12.9 Å². The summed E-state index contributed by atoms with van der Waals surface area (Å²) in [5.41, 5.74) is 10.2. The number of rotatable bonds is 4. The second kappa shape index (κ2) is 6.36. The first-order valence-electron chi connectivity index (χ1n) is 2.88. The Morgan fingerprint density at radius 1 is 1.45 bits per heavy atom. The van der Waals surface area contributed by atoms with Crippen LogP contribution >= 0.6 is 0 Å². The maximum absolute atomic E-state index is 10.1. The maximum atomic E-state index is 10.1. The third kappa shape index (κ3) is 13.8. The Bertz CT molecular complexity index is 185. The van der Waals surface area contributed by atoms with Gasteiger partial charge in [0.05, 0.1) is 11.9 Å². The Morgan fingerprint density at radius 2 is 1.91 bits per heavy atom. The van der Waals surface area contributed by atoms with E-state index < -0.39 is 16.3 Å². The molecule has 0 aliphatic rings. The minimum atomic E-state index is -3.83. The van der Waals surface area contributed by atoms with Crippen molar-refractivity contribution in [2.45, 2.75) is 19.0 Å². The van der Waals surface area contributed by atoms with Gasteiger partial charge in [0.1, 0.15) is 0 Å². The van der Waals surface area contributed by atoms with Crippen molar-refractivity contribution in [2.24, 2.45) is 11.5 Å². The van der Waals surface area contributed by atoms with Crippen molar-refractivity contribution in [3.8, 4) is 0 Å². The zero-order chi connectivity index (χ0) is 8.20. The van der Waals surface area contributed by atoms with Crippen molar-refractivity contribution in [3.05, 3.63) is 0 Å². The molecule has 7 heteroatoms. The van der Waals surface area contributed by atoms with E-state index in [9.17, 15) is 8.42 Å². The van der Waals surface area contributed by atoms with Crippen LogP contribution in [0.25, 0.3) is 0 Å². The van der Waals surface area contributed by atoms with Gasteiger partial charge >= 0.3 is 29.6 Å². The molecular weight excluding hydrogens is 179 g/mol. The Balaban J connectivity index is -0.000000405. The van der Waals surface area contributed by atoms with E-state index in [2.05, 4.69) is 0 Å². The van der Waals surface area contributed by atoms with Crippen LogP contribution in [0.2, 0.25) is 0 Å². The summed E-state index contributed by atoms with van der Waals surface area (Å²) in [5.74, 6) is -0.266. The van der Waals surface area contributed by atoms with Crippen LogP contribution < -0.4 is 41.0 Å². The van der Waals surface area contributed by atoms with Gasteiger partial charge in [-0.3, -0.25) is 4.55 Å². The standard InChI is InChI=1S/C4H12N2O3S.Na.H/c5-4(6)2-1-3-10(7,8)9;;/h4H,1-3,5-6H2,(H,7,8,9);;/q;+1;-1. The summed E-state index contributed by atoms with van der Waals surface area (Å²) in [6.45, 7) is 0. The van der Waals surface area contributed by atoms with Gasteiger partial charge in [-0.25, -0.2) is 0 Å². The average Bonchev–Trinajstić information content (AvgIpc) is 1.59. The van der Waals surface area contributed by atoms with E-state index in [1.54, 1.807) is 0 Å². The van der Waals surface area contributed by atoms with E-state index >= 15 is 0 Å². The van der Waals surface area contributed by atoms with E-state index in [0.29, 0.717) is 12.8 Å². The van der Waals surface area contributed by atoms with E-state index in [1.807, 2.05) is 0 Å². The van der Waals surface area contributed by atoms with Crippen molar-refractivity contribution in [1.29, 1.82) is 0 Å². The molecule has 0 aliphatic carbocycles. The van der Waals surface area contributed by atoms with Crippen LogP contribution in [0, 0.1) is 0 Å². The van der Waals surface area contributed by atoms with Gasteiger partial charge in [0.15, 0.2) is 0 Å². The summed E-state index contributed by atoms with van der Waals surface area (Å²) in [5, 5.41) is 0. The van der Waals surface area contributed by atoms with Crippen molar-refractivity contribution in [1.82, 2.24) is 0 Å². The van der Waals surface area contributed by atoms with Gasteiger partial charge in [-0.2, -0.15) is 8.42 Å². The summed E-state index contributed by atoms with van der Waals surface area (Å²) in [7, 11) is -3.83. The van der Waals surface area contributed by atoms with Crippen LogP contribution in [0.15, 0.2) is 0 Å². The van der Waals surface area contributed by atoms with Gasteiger partial charge in [0, 0.05) is 0 Å². The molecule has 0 radical (unpaired) electrons. The average molecular weight is 192 g/mol. The van der Waals surface area contributed by atoms with Gasteiger partial charge in [-0.05, 0) is 12.8 Å². The maximum Gasteiger partial charge on any atom is 1.00 e. The second-order valence-electron chi connectivity index (χ2n) is 2.09. The Labute approximate surface area is 90.0 Å². The largest absolute Gasteiger partial charge is 1.00 e. The molecule has 0 amide bonds. The molecule has 0 saturated heterocycles. The fraction of sp³-hybridized carbons (Fsp3) is 1.00. The first kappa shape index (κ1) is 14.4. The SMILES string of the molecule is NC(N)CCCS(=O)(=O)O.[H-].[Na+]. The molecule has 0 fully saturated rings. The molecule has 0 atom stereocenters. The van der Waals surface area contributed by atoms with Crippen LogP contribution in [-0.2, 0) is 10.1 Å². The third-order valence-corrected chi connectivity index (χ3v) is 1.74. The monoisotopic (exact) mass is 192 g/mol. The van der Waals surface area contributed by atoms with E-state index in [-0.39, 0.29) is 36.7 Å². The van der Waals surface area contributed by atoms with Crippen molar-refractivity contribution in [3.63, 3.8) is 0 Å².